The minimum atomic E-state index is 0. The molecule has 0 rings (SSSR count). The molecule has 0 saturated carbocycles. The first-order chi connectivity index (χ1) is 4.70. The topological polar surface area (TPSA) is 28.2 Å². The standard InChI is InChI=1S/C8H18N2.2CH3.Y/c1-5-7(3)10-8(4)9-6-2;;;/h7-8H,5-6H2,1-4H3;2*1H3;/q-2;2*-1;. The van der Waals surface area contributed by atoms with Gasteiger partial charge in [0.2, 0.25) is 0 Å². The second-order valence-electron chi connectivity index (χ2n) is 2.54. The average Bonchev–Trinajstić information content (AvgIpc) is 1.88. The fourth-order valence-electron chi connectivity index (χ4n) is 0.785. The van der Waals surface area contributed by atoms with Crippen molar-refractivity contribution < 1.29 is 32.7 Å². The molecule has 0 N–H and O–H groups in total. The van der Waals surface area contributed by atoms with Crippen molar-refractivity contribution in [3.63, 3.8) is 0 Å². The molecule has 0 amide bonds. The molecule has 2 unspecified atom stereocenters. The Morgan fingerprint density at radius 2 is 1.54 bits per heavy atom. The van der Waals surface area contributed by atoms with Crippen LogP contribution in [0.25, 0.3) is 10.6 Å². The van der Waals surface area contributed by atoms with Gasteiger partial charge in [-0.15, -0.1) is 13.0 Å². The number of hydrogen-bond acceptors (Lipinski definition) is 0. The van der Waals surface area contributed by atoms with E-state index in [1.54, 1.807) is 0 Å². The van der Waals surface area contributed by atoms with Crippen LogP contribution in [0.15, 0.2) is 0 Å². The van der Waals surface area contributed by atoms with Gasteiger partial charge in [0, 0.05) is 32.7 Å². The van der Waals surface area contributed by atoms with Crippen molar-refractivity contribution in [1.82, 2.24) is 0 Å². The normalized spacial score (nSPS) is 12.9. The van der Waals surface area contributed by atoms with Crippen LogP contribution in [0.2, 0.25) is 0 Å². The number of nitrogens with zero attached hydrogens (tertiary/aromatic N) is 2. The molecule has 0 aromatic carbocycles. The number of rotatable bonds is 5. The fourth-order valence-corrected chi connectivity index (χ4v) is 0.785. The summed E-state index contributed by atoms with van der Waals surface area (Å²) in [4.78, 5) is 0. The first-order valence-corrected chi connectivity index (χ1v) is 4.07. The van der Waals surface area contributed by atoms with E-state index in [0.29, 0.717) is 6.04 Å². The van der Waals surface area contributed by atoms with E-state index in [9.17, 15) is 0 Å². The molecule has 0 heterocycles. The smallest absolute Gasteiger partial charge is 0 e. The Hall–Kier alpha value is 1.02. The van der Waals surface area contributed by atoms with Gasteiger partial charge in [-0.1, -0.05) is 27.2 Å². The molecule has 0 aromatic rings. The molecular weight excluding hydrogens is 237 g/mol. The first kappa shape index (κ1) is 23.7. The van der Waals surface area contributed by atoms with Crippen LogP contribution in [0.1, 0.15) is 34.1 Å². The van der Waals surface area contributed by atoms with Gasteiger partial charge in [0.05, 0.1) is 0 Å². The van der Waals surface area contributed by atoms with Gasteiger partial charge in [-0.3, -0.25) is 0 Å². The molecule has 0 aromatic heterocycles. The summed E-state index contributed by atoms with van der Waals surface area (Å²) in [7, 11) is 0. The van der Waals surface area contributed by atoms with E-state index < -0.39 is 0 Å². The Kier molecular flexibility index (Phi) is 28.2. The zero-order chi connectivity index (χ0) is 7.98. The van der Waals surface area contributed by atoms with E-state index in [4.69, 9.17) is 0 Å². The minimum Gasteiger partial charge on any atom is -0.678 e. The molecule has 2 atom stereocenters. The van der Waals surface area contributed by atoms with E-state index in [-0.39, 0.29) is 53.7 Å². The van der Waals surface area contributed by atoms with Crippen molar-refractivity contribution in [2.45, 2.75) is 46.3 Å². The molecule has 2 nitrogen and oxygen atoms in total. The van der Waals surface area contributed by atoms with E-state index in [0.717, 1.165) is 13.0 Å². The van der Waals surface area contributed by atoms with Crippen molar-refractivity contribution in [3.8, 4) is 0 Å². The van der Waals surface area contributed by atoms with Gasteiger partial charge in [-0.25, -0.2) is 6.17 Å². The largest absolute Gasteiger partial charge is 0.678 e. The zero-order valence-corrected chi connectivity index (χ0v) is 12.9. The molecule has 81 valence electrons. The Labute approximate surface area is 111 Å². The summed E-state index contributed by atoms with van der Waals surface area (Å²) in [5.41, 5.74) is 0. The summed E-state index contributed by atoms with van der Waals surface area (Å²) in [5.74, 6) is 0. The van der Waals surface area contributed by atoms with E-state index in [2.05, 4.69) is 24.5 Å². The van der Waals surface area contributed by atoms with E-state index in [1.165, 1.54) is 0 Å². The molecule has 0 fully saturated rings. The third-order valence-corrected chi connectivity index (χ3v) is 1.51. The van der Waals surface area contributed by atoms with Crippen molar-refractivity contribution >= 4 is 0 Å². The van der Waals surface area contributed by atoms with Gasteiger partial charge in [0.25, 0.3) is 0 Å². The maximum atomic E-state index is 4.42. The molecule has 0 bridgehead atoms. The molecule has 0 aliphatic rings. The van der Waals surface area contributed by atoms with Gasteiger partial charge in [0.15, 0.2) is 0 Å². The van der Waals surface area contributed by atoms with Crippen LogP contribution in [0, 0.1) is 14.9 Å². The Morgan fingerprint density at radius 3 is 1.85 bits per heavy atom. The SMILES string of the molecule is CC[N-]C(C)[N-]C(C)CC.[CH3-].[CH3-].[Y]. The van der Waals surface area contributed by atoms with E-state index in [1.807, 2.05) is 13.8 Å². The third-order valence-electron chi connectivity index (χ3n) is 1.51. The maximum absolute atomic E-state index is 4.42. The maximum Gasteiger partial charge on any atom is 0 e. The summed E-state index contributed by atoms with van der Waals surface area (Å²) in [5, 5.41) is 8.66. The predicted molar refractivity (Wildman–Crippen MR) is 59.3 cm³/mol. The van der Waals surface area contributed by atoms with Crippen LogP contribution < -0.4 is 0 Å². The summed E-state index contributed by atoms with van der Waals surface area (Å²) in [6.45, 7) is 9.23. The average molecular weight is 261 g/mol. The first-order valence-electron chi connectivity index (χ1n) is 4.07. The predicted octanol–water partition coefficient (Wildman–Crippen LogP) is 3.80. The van der Waals surface area contributed by atoms with Gasteiger partial charge >= 0.3 is 0 Å². The molecule has 0 saturated heterocycles. The molecule has 0 aliphatic heterocycles. The van der Waals surface area contributed by atoms with Crippen LogP contribution in [0.3, 0.4) is 0 Å². The van der Waals surface area contributed by atoms with E-state index >= 15 is 0 Å². The van der Waals surface area contributed by atoms with Crippen LogP contribution in [-0.2, 0) is 32.7 Å². The monoisotopic (exact) mass is 261 g/mol. The van der Waals surface area contributed by atoms with Gasteiger partial charge in [-0.2, -0.15) is 6.54 Å². The second kappa shape index (κ2) is 15.5. The van der Waals surface area contributed by atoms with Gasteiger partial charge in [-0.05, 0) is 0 Å². The van der Waals surface area contributed by atoms with Crippen LogP contribution in [0.5, 0.6) is 0 Å². The van der Waals surface area contributed by atoms with Crippen LogP contribution >= 0.6 is 0 Å². The van der Waals surface area contributed by atoms with Crippen molar-refractivity contribution in [2.24, 2.45) is 0 Å². The zero-order valence-electron chi connectivity index (χ0n) is 10.0. The van der Waals surface area contributed by atoms with Gasteiger partial charge in [0.1, 0.15) is 0 Å². The Balaban J connectivity index is -0.000000135. The van der Waals surface area contributed by atoms with Crippen molar-refractivity contribution in [3.05, 3.63) is 25.5 Å². The molecule has 13 heavy (non-hydrogen) atoms. The Bertz CT molecular complexity index is 79.3. The summed E-state index contributed by atoms with van der Waals surface area (Å²) >= 11 is 0. The quantitative estimate of drug-likeness (QED) is 0.673. The van der Waals surface area contributed by atoms with Gasteiger partial charge < -0.3 is 25.5 Å². The molecule has 1 radical (unpaired) electrons. The summed E-state index contributed by atoms with van der Waals surface area (Å²) in [6, 6.07) is 0.463. The third kappa shape index (κ3) is 15.8. The van der Waals surface area contributed by atoms with Crippen molar-refractivity contribution in [2.75, 3.05) is 6.54 Å². The fraction of sp³-hybridized carbons (Fsp3) is 0.800. The molecule has 0 aliphatic carbocycles. The summed E-state index contributed by atoms with van der Waals surface area (Å²) < 4.78 is 0. The summed E-state index contributed by atoms with van der Waals surface area (Å²) in [6.07, 6.45) is 1.31. The second-order valence-corrected chi connectivity index (χ2v) is 2.54. The van der Waals surface area contributed by atoms with Crippen LogP contribution in [-0.4, -0.2) is 18.8 Å². The van der Waals surface area contributed by atoms with Crippen molar-refractivity contribution in [1.29, 1.82) is 0 Å². The molecular formula is C10H24N2Y-4. The number of hydrogen-bond donors (Lipinski definition) is 0. The molecule has 3 heteroatoms. The van der Waals surface area contributed by atoms with Crippen LogP contribution in [0.4, 0.5) is 0 Å². The molecule has 0 spiro atoms. The minimum absolute atomic E-state index is 0. The Morgan fingerprint density at radius 1 is 1.08 bits per heavy atom.